The van der Waals surface area contributed by atoms with Crippen molar-refractivity contribution in [2.24, 2.45) is 0 Å². The average Bonchev–Trinajstić information content (AvgIpc) is 2.77. The van der Waals surface area contributed by atoms with Gasteiger partial charge in [0.05, 0.1) is 13.2 Å². The number of hydrogen-bond donors (Lipinski definition) is 2. The van der Waals surface area contributed by atoms with Gasteiger partial charge in [0.1, 0.15) is 17.1 Å². The molecule has 2 aliphatic heterocycles. The standard InChI is InChI=1S/C22H23FN4O4/c1-22(2)21(29)26-19-17(31-22)7-5-14(18(19)23)11-27-9-8-15(12-30-27)13-4-6-16(25-10-13)20(28)24-3/h4-8,10H,9,11-12H2,1-3H3,(H,24,28)(H,26,29). The number of carbonyl (C=O) groups excluding carboxylic acids is 2. The molecule has 8 nitrogen and oxygen atoms in total. The number of halogens is 1. The molecule has 0 fully saturated rings. The predicted molar refractivity (Wildman–Crippen MR) is 112 cm³/mol. The Morgan fingerprint density at radius 2 is 2.13 bits per heavy atom. The number of amides is 2. The van der Waals surface area contributed by atoms with Gasteiger partial charge in [0.15, 0.2) is 11.4 Å². The lowest BCUT2D eigenvalue weighted by Crippen LogP contribution is -2.46. The molecule has 2 aromatic rings. The Kier molecular flexibility index (Phi) is 5.47. The van der Waals surface area contributed by atoms with Gasteiger partial charge in [-0.1, -0.05) is 18.2 Å². The minimum atomic E-state index is -1.05. The molecule has 0 spiro atoms. The second-order valence-corrected chi connectivity index (χ2v) is 7.81. The summed E-state index contributed by atoms with van der Waals surface area (Å²) in [6.45, 7) is 4.20. The van der Waals surface area contributed by atoms with Gasteiger partial charge < -0.3 is 15.4 Å². The van der Waals surface area contributed by atoms with E-state index in [4.69, 9.17) is 9.57 Å². The molecule has 0 saturated carbocycles. The van der Waals surface area contributed by atoms with E-state index in [2.05, 4.69) is 15.6 Å². The first-order chi connectivity index (χ1) is 14.8. The van der Waals surface area contributed by atoms with Crippen molar-refractivity contribution in [2.75, 3.05) is 25.5 Å². The molecule has 2 amide bonds. The van der Waals surface area contributed by atoms with E-state index in [1.165, 1.54) is 0 Å². The quantitative estimate of drug-likeness (QED) is 0.781. The number of benzene rings is 1. The van der Waals surface area contributed by atoms with Crippen LogP contribution in [0, 0.1) is 5.82 Å². The molecule has 4 rings (SSSR count). The lowest BCUT2D eigenvalue weighted by atomic mass is 10.0. The van der Waals surface area contributed by atoms with Crippen LogP contribution in [0.5, 0.6) is 5.75 Å². The third-order valence-corrected chi connectivity index (χ3v) is 5.22. The Morgan fingerprint density at radius 1 is 1.32 bits per heavy atom. The second kappa shape index (κ2) is 8.09. The van der Waals surface area contributed by atoms with Crippen LogP contribution in [0.2, 0.25) is 0 Å². The summed E-state index contributed by atoms with van der Waals surface area (Å²) < 4.78 is 20.6. The van der Waals surface area contributed by atoms with Gasteiger partial charge in [-0.25, -0.2) is 4.39 Å². The smallest absolute Gasteiger partial charge is 0.269 e. The van der Waals surface area contributed by atoms with Crippen LogP contribution in [0.15, 0.2) is 36.5 Å². The van der Waals surface area contributed by atoms with Gasteiger partial charge in [-0.05, 0) is 37.1 Å². The fraction of sp³-hybridized carbons (Fsp3) is 0.318. The SMILES string of the molecule is CNC(=O)c1ccc(C2=CCN(Cc3ccc4c(c3F)NC(=O)C(C)(C)O4)OC2)cn1. The molecule has 2 N–H and O–H groups in total. The lowest BCUT2D eigenvalue weighted by molar-refractivity contribution is -0.151. The highest BCUT2D eigenvalue weighted by Crippen LogP contribution is 2.37. The monoisotopic (exact) mass is 426 g/mol. The van der Waals surface area contributed by atoms with Gasteiger partial charge in [-0.15, -0.1) is 0 Å². The van der Waals surface area contributed by atoms with E-state index < -0.39 is 17.3 Å². The highest BCUT2D eigenvalue weighted by Gasteiger charge is 2.37. The molecule has 0 atom stereocenters. The van der Waals surface area contributed by atoms with Crippen molar-refractivity contribution >= 4 is 23.1 Å². The number of nitrogens with zero attached hydrogens (tertiary/aromatic N) is 2. The van der Waals surface area contributed by atoms with Gasteiger partial charge in [0, 0.05) is 25.4 Å². The van der Waals surface area contributed by atoms with E-state index in [1.807, 2.05) is 12.1 Å². The van der Waals surface area contributed by atoms with Crippen molar-refractivity contribution in [1.29, 1.82) is 0 Å². The third-order valence-electron chi connectivity index (χ3n) is 5.22. The maximum Gasteiger partial charge on any atom is 0.269 e. The zero-order valence-electron chi connectivity index (χ0n) is 17.5. The minimum absolute atomic E-state index is 0.0531. The zero-order chi connectivity index (χ0) is 22.2. The first-order valence-electron chi connectivity index (χ1n) is 9.86. The lowest BCUT2D eigenvalue weighted by Gasteiger charge is -2.32. The van der Waals surface area contributed by atoms with Crippen LogP contribution in [0.4, 0.5) is 10.1 Å². The predicted octanol–water partition coefficient (Wildman–Crippen LogP) is 2.52. The Labute approximate surface area is 179 Å². The number of hydroxylamine groups is 2. The molecule has 9 heteroatoms. The maximum absolute atomic E-state index is 15.0. The number of carbonyl (C=O) groups is 2. The molecular formula is C22H23FN4O4. The third kappa shape index (κ3) is 4.14. The summed E-state index contributed by atoms with van der Waals surface area (Å²) in [5, 5.41) is 6.76. The molecule has 3 heterocycles. The number of ether oxygens (including phenoxy) is 1. The maximum atomic E-state index is 15.0. The van der Waals surface area contributed by atoms with E-state index >= 15 is 0 Å². The van der Waals surface area contributed by atoms with Crippen LogP contribution in [0.1, 0.15) is 35.5 Å². The van der Waals surface area contributed by atoms with Crippen molar-refractivity contribution < 1.29 is 23.6 Å². The highest BCUT2D eigenvalue weighted by molar-refractivity contribution is 6.00. The molecule has 31 heavy (non-hydrogen) atoms. The van der Waals surface area contributed by atoms with E-state index in [-0.39, 0.29) is 18.1 Å². The number of fused-ring (bicyclic) bond motifs is 1. The van der Waals surface area contributed by atoms with E-state index in [0.717, 1.165) is 11.1 Å². The topological polar surface area (TPSA) is 92.8 Å². The molecule has 0 radical (unpaired) electrons. The summed E-state index contributed by atoms with van der Waals surface area (Å²) in [4.78, 5) is 33.6. The van der Waals surface area contributed by atoms with Crippen LogP contribution in [-0.4, -0.2) is 47.7 Å². The van der Waals surface area contributed by atoms with E-state index in [0.29, 0.717) is 30.2 Å². The van der Waals surface area contributed by atoms with Gasteiger partial charge in [-0.3, -0.25) is 19.4 Å². The second-order valence-electron chi connectivity index (χ2n) is 7.81. The van der Waals surface area contributed by atoms with Gasteiger partial charge in [0.25, 0.3) is 11.8 Å². The summed E-state index contributed by atoms with van der Waals surface area (Å²) in [6, 6.07) is 6.75. The van der Waals surface area contributed by atoms with Crippen molar-refractivity contribution in [3.8, 4) is 5.75 Å². The molecule has 0 bridgehead atoms. The molecule has 0 unspecified atom stereocenters. The van der Waals surface area contributed by atoms with Crippen molar-refractivity contribution in [2.45, 2.75) is 26.0 Å². The van der Waals surface area contributed by atoms with Crippen LogP contribution in [0.3, 0.4) is 0 Å². The average molecular weight is 426 g/mol. The summed E-state index contributed by atoms with van der Waals surface area (Å²) in [5.41, 5.74) is 1.52. The Morgan fingerprint density at radius 3 is 2.77 bits per heavy atom. The molecule has 0 aliphatic carbocycles. The van der Waals surface area contributed by atoms with Crippen LogP contribution in [-0.2, 0) is 16.2 Å². The number of rotatable bonds is 4. The first kappa shape index (κ1) is 21.0. The molecule has 0 saturated heterocycles. The Bertz CT molecular complexity index is 1070. The Balaban J connectivity index is 1.44. The van der Waals surface area contributed by atoms with Gasteiger partial charge in [0.2, 0.25) is 0 Å². The fourth-order valence-electron chi connectivity index (χ4n) is 3.34. The van der Waals surface area contributed by atoms with Crippen molar-refractivity contribution in [3.63, 3.8) is 0 Å². The number of nitrogens with one attached hydrogen (secondary N) is 2. The molecule has 2 aliphatic rings. The van der Waals surface area contributed by atoms with Gasteiger partial charge in [-0.2, -0.15) is 5.06 Å². The molecular weight excluding hydrogens is 403 g/mol. The first-order valence-corrected chi connectivity index (χ1v) is 9.86. The minimum Gasteiger partial charge on any atom is -0.476 e. The van der Waals surface area contributed by atoms with Crippen LogP contribution in [0.25, 0.3) is 5.57 Å². The molecule has 1 aromatic carbocycles. The van der Waals surface area contributed by atoms with Crippen LogP contribution < -0.4 is 15.4 Å². The number of aromatic nitrogens is 1. The Hall–Kier alpha value is -3.30. The normalized spacial score (nSPS) is 17.8. The van der Waals surface area contributed by atoms with E-state index in [1.54, 1.807) is 50.4 Å². The molecule has 162 valence electrons. The largest absolute Gasteiger partial charge is 0.476 e. The summed E-state index contributed by atoms with van der Waals surface area (Å²) in [7, 11) is 1.55. The van der Waals surface area contributed by atoms with Crippen LogP contribution >= 0.6 is 0 Å². The summed E-state index contributed by atoms with van der Waals surface area (Å²) in [5.74, 6) is -0.869. The fourth-order valence-corrected chi connectivity index (χ4v) is 3.34. The van der Waals surface area contributed by atoms with Crippen molar-refractivity contribution in [3.05, 3.63) is 59.2 Å². The molecule has 1 aromatic heterocycles. The number of hydrogen-bond acceptors (Lipinski definition) is 6. The van der Waals surface area contributed by atoms with Gasteiger partial charge >= 0.3 is 0 Å². The van der Waals surface area contributed by atoms with E-state index in [9.17, 15) is 14.0 Å². The number of anilines is 1. The zero-order valence-corrected chi connectivity index (χ0v) is 17.5. The number of pyridine rings is 1. The summed E-state index contributed by atoms with van der Waals surface area (Å²) >= 11 is 0. The van der Waals surface area contributed by atoms with Crippen molar-refractivity contribution in [1.82, 2.24) is 15.4 Å². The summed E-state index contributed by atoms with van der Waals surface area (Å²) in [6.07, 6.45) is 3.60. The highest BCUT2D eigenvalue weighted by atomic mass is 19.1.